The third kappa shape index (κ3) is 7.06. The number of ketones is 1. The van der Waals surface area contributed by atoms with E-state index in [0.29, 0.717) is 17.7 Å². The van der Waals surface area contributed by atoms with Crippen LogP contribution in [0.3, 0.4) is 0 Å². The first-order valence-corrected chi connectivity index (χ1v) is 11.8. The minimum atomic E-state index is -0.907. The lowest BCUT2D eigenvalue weighted by atomic mass is 9.97. The first-order chi connectivity index (χ1) is 16.8. The van der Waals surface area contributed by atoms with Crippen molar-refractivity contribution < 1.29 is 24.2 Å². The van der Waals surface area contributed by atoms with Crippen LogP contribution < -0.4 is 15.4 Å². The SMILES string of the molecule is CC[C@H](C)[C@H](Nc1ccc(C(=O)CCCC(=O)O)cc1)C(=O)Nc1ccc2cc(OC)ccc2c1. The van der Waals surface area contributed by atoms with E-state index >= 15 is 0 Å². The number of ether oxygens (including phenoxy) is 1. The van der Waals surface area contributed by atoms with Gasteiger partial charge in [0.1, 0.15) is 11.8 Å². The monoisotopic (exact) mass is 476 g/mol. The summed E-state index contributed by atoms with van der Waals surface area (Å²) in [6.07, 6.45) is 1.29. The first kappa shape index (κ1) is 25.7. The average molecular weight is 477 g/mol. The molecule has 0 aromatic heterocycles. The molecular formula is C28H32N2O5. The van der Waals surface area contributed by atoms with Crippen molar-refractivity contribution in [3.63, 3.8) is 0 Å². The van der Waals surface area contributed by atoms with Crippen LogP contribution in [0.15, 0.2) is 60.7 Å². The number of nitrogens with one attached hydrogen (secondary N) is 2. The van der Waals surface area contributed by atoms with Crippen molar-refractivity contribution in [3.05, 3.63) is 66.2 Å². The number of aliphatic carboxylic acids is 1. The zero-order valence-corrected chi connectivity index (χ0v) is 20.3. The summed E-state index contributed by atoms with van der Waals surface area (Å²) in [7, 11) is 1.63. The third-order valence-corrected chi connectivity index (χ3v) is 6.13. The van der Waals surface area contributed by atoms with Gasteiger partial charge in [-0.3, -0.25) is 14.4 Å². The molecule has 3 rings (SSSR count). The number of carboxylic acids is 1. The molecule has 3 aromatic rings. The number of Topliss-reactive ketones (excluding diaryl/α,β-unsaturated/α-hetero) is 1. The molecule has 35 heavy (non-hydrogen) atoms. The maximum atomic E-state index is 13.2. The highest BCUT2D eigenvalue weighted by molar-refractivity contribution is 5.99. The number of hydrogen-bond acceptors (Lipinski definition) is 5. The maximum Gasteiger partial charge on any atom is 0.303 e. The lowest BCUT2D eigenvalue weighted by molar-refractivity contribution is -0.137. The fourth-order valence-electron chi connectivity index (χ4n) is 3.83. The summed E-state index contributed by atoms with van der Waals surface area (Å²) in [6, 6.07) is 18.0. The Bertz CT molecular complexity index is 1190. The van der Waals surface area contributed by atoms with Gasteiger partial charge in [-0.2, -0.15) is 0 Å². The highest BCUT2D eigenvalue weighted by Gasteiger charge is 2.24. The Morgan fingerprint density at radius 3 is 2.23 bits per heavy atom. The Kier molecular flexibility index (Phi) is 8.84. The molecule has 1 amide bonds. The molecular weight excluding hydrogens is 444 g/mol. The summed E-state index contributed by atoms with van der Waals surface area (Å²) < 4.78 is 5.27. The van der Waals surface area contributed by atoms with Gasteiger partial charge in [-0.1, -0.05) is 32.4 Å². The minimum Gasteiger partial charge on any atom is -0.497 e. The quantitative estimate of drug-likeness (QED) is 0.288. The highest BCUT2D eigenvalue weighted by Crippen LogP contribution is 2.25. The molecule has 184 valence electrons. The number of anilines is 2. The Morgan fingerprint density at radius 1 is 0.914 bits per heavy atom. The average Bonchev–Trinajstić information content (AvgIpc) is 2.86. The molecule has 0 spiro atoms. The number of amides is 1. The zero-order chi connectivity index (χ0) is 25.4. The van der Waals surface area contributed by atoms with Crippen LogP contribution in [-0.2, 0) is 9.59 Å². The standard InChI is InChI=1S/C28H32N2O5/c1-4-18(2)27(29-22-12-8-19(9-13-22)25(31)6-5-7-26(32)33)28(34)30-23-14-10-21-17-24(35-3)15-11-20(21)16-23/h8-18,27,29H,4-7H2,1-3H3,(H,30,34)(H,32,33)/t18-,27-/m0/s1. The van der Waals surface area contributed by atoms with Crippen LogP contribution in [0.1, 0.15) is 49.9 Å². The molecule has 3 N–H and O–H groups in total. The molecule has 0 aliphatic carbocycles. The summed E-state index contributed by atoms with van der Waals surface area (Å²) in [5.74, 6) is -0.292. The van der Waals surface area contributed by atoms with Gasteiger partial charge in [-0.25, -0.2) is 0 Å². The van der Waals surface area contributed by atoms with E-state index in [4.69, 9.17) is 9.84 Å². The Hall–Kier alpha value is -3.87. The molecule has 0 heterocycles. The molecule has 0 unspecified atom stereocenters. The van der Waals surface area contributed by atoms with E-state index in [1.807, 2.05) is 50.2 Å². The number of carbonyl (C=O) groups excluding carboxylic acids is 2. The minimum absolute atomic E-state index is 0.0253. The van der Waals surface area contributed by atoms with E-state index in [1.54, 1.807) is 31.4 Å². The molecule has 3 aromatic carbocycles. The topological polar surface area (TPSA) is 105 Å². The highest BCUT2D eigenvalue weighted by atomic mass is 16.5. The molecule has 7 nitrogen and oxygen atoms in total. The predicted molar refractivity (Wildman–Crippen MR) is 138 cm³/mol. The Labute approximate surface area is 205 Å². The van der Waals surface area contributed by atoms with Crippen molar-refractivity contribution in [2.45, 2.75) is 45.6 Å². The van der Waals surface area contributed by atoms with Crippen molar-refractivity contribution in [1.29, 1.82) is 0 Å². The summed E-state index contributed by atoms with van der Waals surface area (Å²) in [4.78, 5) is 36.1. The van der Waals surface area contributed by atoms with E-state index in [1.165, 1.54) is 0 Å². The fourth-order valence-corrected chi connectivity index (χ4v) is 3.83. The van der Waals surface area contributed by atoms with Crippen molar-refractivity contribution in [2.24, 2.45) is 5.92 Å². The molecule has 0 saturated heterocycles. The molecule has 0 radical (unpaired) electrons. The van der Waals surface area contributed by atoms with Crippen LogP contribution in [0, 0.1) is 5.92 Å². The van der Waals surface area contributed by atoms with Crippen LogP contribution in [0.4, 0.5) is 11.4 Å². The number of rotatable bonds is 12. The van der Waals surface area contributed by atoms with Gasteiger partial charge in [0.05, 0.1) is 7.11 Å². The molecule has 2 atom stereocenters. The Balaban J connectivity index is 1.68. The van der Waals surface area contributed by atoms with Crippen LogP contribution in [0.25, 0.3) is 10.8 Å². The van der Waals surface area contributed by atoms with Crippen molar-refractivity contribution in [3.8, 4) is 5.75 Å². The third-order valence-electron chi connectivity index (χ3n) is 6.13. The largest absolute Gasteiger partial charge is 0.497 e. The van der Waals surface area contributed by atoms with Crippen molar-refractivity contribution in [1.82, 2.24) is 0 Å². The van der Waals surface area contributed by atoms with E-state index in [9.17, 15) is 14.4 Å². The van der Waals surface area contributed by atoms with Crippen LogP contribution in [0.2, 0.25) is 0 Å². The fraction of sp³-hybridized carbons (Fsp3) is 0.321. The van der Waals surface area contributed by atoms with Gasteiger partial charge in [0, 0.05) is 29.8 Å². The van der Waals surface area contributed by atoms with Crippen molar-refractivity contribution in [2.75, 3.05) is 17.7 Å². The summed E-state index contributed by atoms with van der Waals surface area (Å²) in [6.45, 7) is 4.05. The van der Waals surface area contributed by atoms with Gasteiger partial charge in [-0.15, -0.1) is 0 Å². The second-order valence-electron chi connectivity index (χ2n) is 8.67. The summed E-state index contributed by atoms with van der Waals surface area (Å²) in [5.41, 5.74) is 1.97. The van der Waals surface area contributed by atoms with E-state index in [-0.39, 0.29) is 30.4 Å². The van der Waals surface area contributed by atoms with Gasteiger partial charge >= 0.3 is 5.97 Å². The Morgan fingerprint density at radius 2 is 1.57 bits per heavy atom. The molecule has 7 heteroatoms. The number of methoxy groups -OCH3 is 1. The first-order valence-electron chi connectivity index (χ1n) is 11.8. The zero-order valence-electron chi connectivity index (χ0n) is 20.3. The summed E-state index contributed by atoms with van der Waals surface area (Å²) in [5, 5.41) is 17.1. The van der Waals surface area contributed by atoms with Gasteiger partial charge in [-0.05, 0) is 71.6 Å². The van der Waals surface area contributed by atoms with Gasteiger partial charge in [0.25, 0.3) is 0 Å². The smallest absolute Gasteiger partial charge is 0.303 e. The second-order valence-corrected chi connectivity index (χ2v) is 8.67. The molecule has 0 fully saturated rings. The number of hydrogen-bond donors (Lipinski definition) is 3. The van der Waals surface area contributed by atoms with Gasteiger partial charge < -0.3 is 20.5 Å². The van der Waals surface area contributed by atoms with E-state index in [2.05, 4.69) is 10.6 Å². The van der Waals surface area contributed by atoms with Crippen LogP contribution in [-0.4, -0.2) is 35.9 Å². The lowest BCUT2D eigenvalue weighted by Crippen LogP contribution is -2.39. The van der Waals surface area contributed by atoms with Crippen LogP contribution >= 0.6 is 0 Å². The number of benzene rings is 3. The maximum absolute atomic E-state index is 13.2. The second kappa shape index (κ2) is 12.0. The lowest BCUT2D eigenvalue weighted by Gasteiger charge is -2.25. The molecule has 0 aliphatic rings. The molecule has 0 saturated carbocycles. The van der Waals surface area contributed by atoms with Gasteiger partial charge in [0.15, 0.2) is 5.78 Å². The van der Waals surface area contributed by atoms with Gasteiger partial charge in [0.2, 0.25) is 5.91 Å². The van der Waals surface area contributed by atoms with E-state index in [0.717, 1.165) is 28.6 Å². The van der Waals surface area contributed by atoms with Crippen LogP contribution in [0.5, 0.6) is 5.75 Å². The normalized spacial score (nSPS) is 12.5. The predicted octanol–water partition coefficient (Wildman–Crippen LogP) is 5.75. The van der Waals surface area contributed by atoms with Crippen molar-refractivity contribution >= 4 is 39.8 Å². The molecule has 0 aliphatic heterocycles. The number of carboxylic acid groups (broad SMARTS) is 1. The number of fused-ring (bicyclic) bond motifs is 1. The van der Waals surface area contributed by atoms with E-state index < -0.39 is 12.0 Å². The number of carbonyl (C=O) groups is 3. The molecule has 0 bridgehead atoms. The summed E-state index contributed by atoms with van der Waals surface area (Å²) >= 11 is 0.